The first kappa shape index (κ1) is 12.7. The zero-order chi connectivity index (χ0) is 12.8. The number of fused-ring (bicyclic) bond motifs is 1. The van der Waals surface area contributed by atoms with Crippen LogP contribution in [0.3, 0.4) is 0 Å². The molecule has 1 aliphatic rings. The Bertz CT molecular complexity index is 419. The number of aryl methyl sites for hydroxylation is 1. The first-order valence-electron chi connectivity index (χ1n) is 6.36. The number of hydrogen-bond acceptors (Lipinski definition) is 3. The Balaban J connectivity index is 1.84. The van der Waals surface area contributed by atoms with E-state index < -0.39 is 6.03 Å². The number of benzene rings is 1. The van der Waals surface area contributed by atoms with Gasteiger partial charge in [0.1, 0.15) is 0 Å². The highest BCUT2D eigenvalue weighted by atomic mass is 16.2. The van der Waals surface area contributed by atoms with Crippen LogP contribution in [-0.4, -0.2) is 25.7 Å². The summed E-state index contributed by atoms with van der Waals surface area (Å²) in [7, 11) is 0. The van der Waals surface area contributed by atoms with Crippen LogP contribution in [0.15, 0.2) is 18.2 Å². The third kappa shape index (κ3) is 3.37. The maximum atomic E-state index is 10.5. The molecule has 2 amide bonds. The van der Waals surface area contributed by atoms with Gasteiger partial charge in [0, 0.05) is 31.9 Å². The number of carbonyl (C=O) groups is 1. The minimum Gasteiger partial charge on any atom is -0.385 e. The van der Waals surface area contributed by atoms with E-state index in [-0.39, 0.29) is 0 Å². The number of nitrogens with one attached hydrogen (secondary N) is 3. The van der Waals surface area contributed by atoms with Gasteiger partial charge in [-0.2, -0.15) is 0 Å². The molecule has 0 aliphatic carbocycles. The van der Waals surface area contributed by atoms with Gasteiger partial charge in [-0.1, -0.05) is 18.2 Å². The summed E-state index contributed by atoms with van der Waals surface area (Å²) in [5.41, 5.74) is 8.95. The van der Waals surface area contributed by atoms with Crippen LogP contribution in [0, 0.1) is 0 Å². The second-order valence-electron chi connectivity index (χ2n) is 4.45. The smallest absolute Gasteiger partial charge is 0.312 e. The summed E-state index contributed by atoms with van der Waals surface area (Å²) >= 11 is 0. The summed E-state index contributed by atoms with van der Waals surface area (Å²) in [6.45, 7) is 3.12. The standard InChI is InChI=1S/C13H20N4O/c14-13(18)17-8-7-15-9-11-4-1-3-10-5-2-6-16-12(10)11/h1,3-4,15-16H,2,5-9H2,(H3,14,17,18). The SMILES string of the molecule is NC(=O)NCCNCc1cccc2c1NCCC2. The molecule has 0 bridgehead atoms. The van der Waals surface area contributed by atoms with Crippen molar-refractivity contribution in [2.24, 2.45) is 5.73 Å². The van der Waals surface area contributed by atoms with E-state index in [1.165, 1.54) is 23.2 Å². The molecule has 2 rings (SSSR count). The zero-order valence-electron chi connectivity index (χ0n) is 10.5. The maximum absolute atomic E-state index is 10.5. The highest BCUT2D eigenvalue weighted by Crippen LogP contribution is 2.25. The van der Waals surface area contributed by atoms with Crippen molar-refractivity contribution in [1.82, 2.24) is 10.6 Å². The van der Waals surface area contributed by atoms with E-state index in [1.54, 1.807) is 0 Å². The van der Waals surface area contributed by atoms with Crippen LogP contribution in [-0.2, 0) is 13.0 Å². The van der Waals surface area contributed by atoms with Crippen molar-refractivity contribution in [2.45, 2.75) is 19.4 Å². The van der Waals surface area contributed by atoms with E-state index in [9.17, 15) is 4.79 Å². The number of urea groups is 1. The second-order valence-corrected chi connectivity index (χ2v) is 4.45. The number of carbonyl (C=O) groups excluding carboxylic acids is 1. The van der Waals surface area contributed by atoms with Crippen LogP contribution in [0.4, 0.5) is 10.5 Å². The van der Waals surface area contributed by atoms with Gasteiger partial charge in [0.05, 0.1) is 0 Å². The monoisotopic (exact) mass is 248 g/mol. The normalized spacial score (nSPS) is 13.6. The molecule has 0 fully saturated rings. The molecule has 0 radical (unpaired) electrons. The molecule has 18 heavy (non-hydrogen) atoms. The summed E-state index contributed by atoms with van der Waals surface area (Å²) in [6.07, 6.45) is 2.35. The molecule has 98 valence electrons. The van der Waals surface area contributed by atoms with Gasteiger partial charge in [-0.05, 0) is 24.0 Å². The average molecular weight is 248 g/mol. The number of anilines is 1. The fourth-order valence-corrected chi connectivity index (χ4v) is 2.23. The molecule has 1 aromatic carbocycles. The lowest BCUT2D eigenvalue weighted by Crippen LogP contribution is -2.35. The van der Waals surface area contributed by atoms with Crippen LogP contribution < -0.4 is 21.7 Å². The highest BCUT2D eigenvalue weighted by molar-refractivity contribution is 5.71. The van der Waals surface area contributed by atoms with Gasteiger partial charge in [0.2, 0.25) is 0 Å². The molecule has 5 nitrogen and oxygen atoms in total. The molecule has 0 unspecified atom stereocenters. The third-order valence-corrected chi connectivity index (χ3v) is 3.08. The van der Waals surface area contributed by atoms with Crippen molar-refractivity contribution in [3.8, 4) is 0 Å². The third-order valence-electron chi connectivity index (χ3n) is 3.08. The fraction of sp³-hybridized carbons (Fsp3) is 0.462. The first-order valence-corrected chi connectivity index (χ1v) is 6.36. The lowest BCUT2D eigenvalue weighted by atomic mass is 9.99. The molecule has 1 aromatic rings. The van der Waals surface area contributed by atoms with E-state index in [2.05, 4.69) is 34.1 Å². The van der Waals surface area contributed by atoms with Crippen LogP contribution in [0.5, 0.6) is 0 Å². The number of rotatable bonds is 5. The van der Waals surface area contributed by atoms with Crippen molar-refractivity contribution >= 4 is 11.7 Å². The van der Waals surface area contributed by atoms with Crippen molar-refractivity contribution < 1.29 is 4.79 Å². The number of amides is 2. The van der Waals surface area contributed by atoms with Crippen LogP contribution in [0.25, 0.3) is 0 Å². The fourth-order valence-electron chi connectivity index (χ4n) is 2.23. The Morgan fingerprint density at radius 3 is 3.11 bits per heavy atom. The van der Waals surface area contributed by atoms with Gasteiger partial charge >= 0.3 is 6.03 Å². The molecule has 5 N–H and O–H groups in total. The van der Waals surface area contributed by atoms with Gasteiger partial charge in [0.25, 0.3) is 0 Å². The van der Waals surface area contributed by atoms with E-state index in [0.717, 1.165) is 19.5 Å². The quantitative estimate of drug-likeness (QED) is 0.582. The van der Waals surface area contributed by atoms with Gasteiger partial charge in [-0.3, -0.25) is 0 Å². The molecule has 1 aliphatic heterocycles. The molecule has 5 heteroatoms. The number of nitrogens with two attached hydrogens (primary N) is 1. The zero-order valence-corrected chi connectivity index (χ0v) is 10.5. The Hall–Kier alpha value is -1.75. The van der Waals surface area contributed by atoms with Gasteiger partial charge in [-0.25, -0.2) is 4.79 Å². The van der Waals surface area contributed by atoms with E-state index in [4.69, 9.17) is 5.73 Å². The van der Waals surface area contributed by atoms with Crippen LogP contribution in [0.2, 0.25) is 0 Å². The topological polar surface area (TPSA) is 79.2 Å². The number of primary amides is 1. The lowest BCUT2D eigenvalue weighted by Gasteiger charge is -2.21. The number of hydrogen-bond donors (Lipinski definition) is 4. The van der Waals surface area contributed by atoms with Crippen molar-refractivity contribution in [1.29, 1.82) is 0 Å². The van der Waals surface area contributed by atoms with Crippen molar-refractivity contribution in [3.05, 3.63) is 29.3 Å². The Kier molecular flexibility index (Phi) is 4.41. The van der Waals surface area contributed by atoms with E-state index >= 15 is 0 Å². The predicted octanol–water partition coefficient (Wildman–Crippen LogP) is 0.803. The molecule has 0 spiro atoms. The number of para-hydroxylation sites is 1. The lowest BCUT2D eigenvalue weighted by molar-refractivity contribution is 0.249. The summed E-state index contributed by atoms with van der Waals surface area (Å²) in [4.78, 5) is 10.5. The van der Waals surface area contributed by atoms with Gasteiger partial charge in [0.15, 0.2) is 0 Å². The van der Waals surface area contributed by atoms with Crippen molar-refractivity contribution in [2.75, 3.05) is 25.0 Å². The van der Waals surface area contributed by atoms with Crippen LogP contribution in [0.1, 0.15) is 17.5 Å². The molecule has 0 aromatic heterocycles. The summed E-state index contributed by atoms with van der Waals surface area (Å²) < 4.78 is 0. The highest BCUT2D eigenvalue weighted by Gasteiger charge is 2.11. The molecular weight excluding hydrogens is 228 g/mol. The Labute approximate surface area is 107 Å². The Morgan fingerprint density at radius 1 is 1.39 bits per heavy atom. The molecule has 0 saturated carbocycles. The van der Waals surface area contributed by atoms with Crippen molar-refractivity contribution in [3.63, 3.8) is 0 Å². The minimum absolute atomic E-state index is 0.476. The molecule has 1 heterocycles. The average Bonchev–Trinajstić information content (AvgIpc) is 2.38. The predicted molar refractivity (Wildman–Crippen MR) is 72.5 cm³/mol. The summed E-state index contributed by atoms with van der Waals surface area (Å²) in [5.74, 6) is 0. The minimum atomic E-state index is -0.476. The molecular formula is C13H20N4O. The largest absolute Gasteiger partial charge is 0.385 e. The van der Waals surface area contributed by atoms with Crippen LogP contribution >= 0.6 is 0 Å². The summed E-state index contributed by atoms with van der Waals surface area (Å²) in [5, 5.41) is 9.31. The second kappa shape index (κ2) is 6.26. The van der Waals surface area contributed by atoms with E-state index in [0.29, 0.717) is 13.1 Å². The maximum Gasteiger partial charge on any atom is 0.312 e. The van der Waals surface area contributed by atoms with Gasteiger partial charge < -0.3 is 21.7 Å². The molecule has 0 saturated heterocycles. The Morgan fingerprint density at radius 2 is 2.28 bits per heavy atom. The summed E-state index contributed by atoms with van der Waals surface area (Å²) in [6, 6.07) is 5.94. The van der Waals surface area contributed by atoms with E-state index in [1.807, 2.05) is 0 Å². The van der Waals surface area contributed by atoms with Gasteiger partial charge in [-0.15, -0.1) is 0 Å². The molecule has 0 atom stereocenters. The first-order chi connectivity index (χ1) is 8.77.